The lowest BCUT2D eigenvalue weighted by molar-refractivity contribution is 0.0691. The first-order valence-corrected chi connectivity index (χ1v) is 5.88. The van der Waals surface area contributed by atoms with Gasteiger partial charge in [0.25, 0.3) is 0 Å². The van der Waals surface area contributed by atoms with Gasteiger partial charge in [0.15, 0.2) is 5.69 Å². The first kappa shape index (κ1) is 12.3. The smallest absolute Gasteiger partial charge is 0.355 e. The Morgan fingerprint density at radius 1 is 1.17 bits per heavy atom. The minimum atomic E-state index is -1.00. The molecule has 92 valence electrons. The highest BCUT2D eigenvalue weighted by Crippen LogP contribution is 2.24. The van der Waals surface area contributed by atoms with Crippen LogP contribution in [0.25, 0.3) is 11.1 Å². The number of benzene rings is 1. The summed E-state index contributed by atoms with van der Waals surface area (Å²) in [5, 5.41) is 9.11. The molecule has 1 aromatic carbocycles. The van der Waals surface area contributed by atoms with Crippen molar-refractivity contribution in [3.8, 4) is 11.1 Å². The van der Waals surface area contributed by atoms with Crippen molar-refractivity contribution in [1.29, 1.82) is 0 Å². The Morgan fingerprint density at radius 2 is 1.83 bits per heavy atom. The molecule has 0 fully saturated rings. The molecule has 1 heterocycles. The van der Waals surface area contributed by atoms with E-state index in [1.54, 1.807) is 12.1 Å². The highest BCUT2D eigenvalue weighted by Gasteiger charge is 2.12. The Bertz CT molecular complexity index is 559. The van der Waals surface area contributed by atoms with Crippen molar-refractivity contribution in [3.05, 3.63) is 53.9 Å². The Morgan fingerprint density at radius 3 is 2.39 bits per heavy atom. The Balaban J connectivity index is 2.46. The van der Waals surface area contributed by atoms with E-state index in [0.29, 0.717) is 11.5 Å². The molecule has 0 aliphatic carbocycles. The van der Waals surface area contributed by atoms with E-state index in [4.69, 9.17) is 5.11 Å². The lowest BCUT2D eigenvalue weighted by atomic mass is 9.98. The third kappa shape index (κ3) is 2.40. The van der Waals surface area contributed by atoms with Gasteiger partial charge in [0, 0.05) is 11.8 Å². The zero-order valence-corrected chi connectivity index (χ0v) is 10.4. The summed E-state index contributed by atoms with van der Waals surface area (Å²) in [5.41, 5.74) is 2.86. The van der Waals surface area contributed by atoms with Crippen molar-refractivity contribution >= 4 is 5.97 Å². The molecule has 0 radical (unpaired) electrons. The van der Waals surface area contributed by atoms with Crippen molar-refractivity contribution in [1.82, 2.24) is 4.98 Å². The van der Waals surface area contributed by atoms with Gasteiger partial charge in [0.05, 0.1) is 0 Å². The van der Waals surface area contributed by atoms with Crippen LogP contribution in [0.1, 0.15) is 35.8 Å². The fraction of sp³-hybridized carbons (Fsp3) is 0.200. The van der Waals surface area contributed by atoms with Crippen molar-refractivity contribution in [2.45, 2.75) is 19.8 Å². The van der Waals surface area contributed by atoms with E-state index in [2.05, 4.69) is 18.8 Å². The normalized spacial score (nSPS) is 10.6. The number of pyridine rings is 1. The number of hydrogen-bond donors (Lipinski definition) is 1. The van der Waals surface area contributed by atoms with Gasteiger partial charge in [-0.3, -0.25) is 0 Å². The van der Waals surface area contributed by atoms with Gasteiger partial charge in [-0.2, -0.15) is 0 Å². The fourth-order valence-corrected chi connectivity index (χ4v) is 1.86. The van der Waals surface area contributed by atoms with Crippen LogP contribution in [0.5, 0.6) is 0 Å². The molecule has 2 aromatic rings. The summed E-state index contributed by atoms with van der Waals surface area (Å²) in [4.78, 5) is 15.0. The van der Waals surface area contributed by atoms with E-state index < -0.39 is 5.97 Å². The van der Waals surface area contributed by atoms with Crippen LogP contribution < -0.4 is 0 Å². The number of carboxylic acid groups (broad SMARTS) is 1. The van der Waals surface area contributed by atoms with Crippen LogP contribution in [0.15, 0.2) is 42.6 Å². The number of aromatic carboxylic acids is 1. The fourth-order valence-electron chi connectivity index (χ4n) is 1.86. The number of hydrogen-bond acceptors (Lipinski definition) is 2. The van der Waals surface area contributed by atoms with Crippen molar-refractivity contribution in [2.75, 3.05) is 0 Å². The quantitative estimate of drug-likeness (QED) is 0.893. The van der Waals surface area contributed by atoms with Crippen LogP contribution in [-0.2, 0) is 0 Å². The second-order valence-corrected chi connectivity index (χ2v) is 4.48. The summed E-state index contributed by atoms with van der Waals surface area (Å²) in [7, 11) is 0. The van der Waals surface area contributed by atoms with Gasteiger partial charge < -0.3 is 5.11 Å². The molecule has 0 bridgehead atoms. The van der Waals surface area contributed by atoms with E-state index >= 15 is 0 Å². The average molecular weight is 241 g/mol. The summed E-state index contributed by atoms with van der Waals surface area (Å²) in [5.74, 6) is -0.537. The SMILES string of the molecule is CC(C)c1ccc(-c2cccnc2C(=O)O)cc1. The number of carboxylic acids is 1. The number of aromatic nitrogens is 1. The van der Waals surface area contributed by atoms with Gasteiger partial charge in [-0.15, -0.1) is 0 Å². The molecule has 1 N–H and O–H groups in total. The molecular weight excluding hydrogens is 226 g/mol. The minimum Gasteiger partial charge on any atom is -0.476 e. The standard InChI is InChI=1S/C15H15NO2/c1-10(2)11-5-7-12(8-6-11)13-4-3-9-16-14(13)15(17)18/h3-10H,1-2H3,(H,17,18). The van der Waals surface area contributed by atoms with E-state index in [0.717, 1.165) is 5.56 Å². The largest absolute Gasteiger partial charge is 0.476 e. The van der Waals surface area contributed by atoms with Crippen molar-refractivity contribution in [2.24, 2.45) is 0 Å². The zero-order valence-electron chi connectivity index (χ0n) is 10.4. The molecule has 0 atom stereocenters. The van der Waals surface area contributed by atoms with Crippen LogP contribution in [0, 0.1) is 0 Å². The van der Waals surface area contributed by atoms with E-state index in [1.165, 1.54) is 11.8 Å². The first-order valence-electron chi connectivity index (χ1n) is 5.88. The highest BCUT2D eigenvalue weighted by molar-refractivity contribution is 5.93. The predicted molar refractivity (Wildman–Crippen MR) is 70.7 cm³/mol. The molecular formula is C15H15NO2. The Labute approximate surface area is 106 Å². The van der Waals surface area contributed by atoms with Crippen molar-refractivity contribution in [3.63, 3.8) is 0 Å². The van der Waals surface area contributed by atoms with Gasteiger partial charge in [0.1, 0.15) is 0 Å². The van der Waals surface area contributed by atoms with Gasteiger partial charge in [-0.25, -0.2) is 9.78 Å². The summed E-state index contributed by atoms with van der Waals surface area (Å²) in [6, 6.07) is 11.5. The zero-order chi connectivity index (χ0) is 13.1. The molecule has 3 nitrogen and oxygen atoms in total. The number of rotatable bonds is 3. The second-order valence-electron chi connectivity index (χ2n) is 4.48. The van der Waals surface area contributed by atoms with Gasteiger partial charge in [-0.05, 0) is 23.1 Å². The number of nitrogens with zero attached hydrogens (tertiary/aromatic N) is 1. The van der Waals surface area contributed by atoms with Crippen LogP contribution >= 0.6 is 0 Å². The molecule has 2 rings (SSSR count). The third-order valence-electron chi connectivity index (χ3n) is 2.90. The van der Waals surface area contributed by atoms with Gasteiger partial charge >= 0.3 is 5.97 Å². The van der Waals surface area contributed by atoms with E-state index in [1.807, 2.05) is 24.3 Å². The molecule has 3 heteroatoms. The van der Waals surface area contributed by atoms with Crippen LogP contribution in [0.3, 0.4) is 0 Å². The predicted octanol–water partition coefficient (Wildman–Crippen LogP) is 3.57. The minimum absolute atomic E-state index is 0.0924. The molecule has 0 saturated carbocycles. The molecule has 0 amide bonds. The molecule has 0 spiro atoms. The van der Waals surface area contributed by atoms with Gasteiger partial charge in [0.2, 0.25) is 0 Å². The first-order chi connectivity index (χ1) is 8.59. The Hall–Kier alpha value is -2.16. The maximum atomic E-state index is 11.1. The van der Waals surface area contributed by atoms with Crippen LogP contribution in [-0.4, -0.2) is 16.1 Å². The molecule has 0 aliphatic rings. The molecule has 18 heavy (non-hydrogen) atoms. The molecule has 0 saturated heterocycles. The van der Waals surface area contributed by atoms with Crippen molar-refractivity contribution < 1.29 is 9.90 Å². The molecule has 0 aliphatic heterocycles. The summed E-state index contributed by atoms with van der Waals surface area (Å²) < 4.78 is 0. The lowest BCUT2D eigenvalue weighted by Crippen LogP contribution is -2.02. The van der Waals surface area contributed by atoms with Crippen LogP contribution in [0.2, 0.25) is 0 Å². The van der Waals surface area contributed by atoms with Crippen LogP contribution in [0.4, 0.5) is 0 Å². The molecule has 1 aromatic heterocycles. The average Bonchev–Trinajstić information content (AvgIpc) is 2.39. The lowest BCUT2D eigenvalue weighted by Gasteiger charge is -2.08. The summed E-state index contributed by atoms with van der Waals surface area (Å²) in [6.45, 7) is 4.25. The highest BCUT2D eigenvalue weighted by atomic mass is 16.4. The van der Waals surface area contributed by atoms with Gasteiger partial charge in [-0.1, -0.05) is 44.2 Å². The topological polar surface area (TPSA) is 50.2 Å². The van der Waals surface area contributed by atoms with E-state index in [-0.39, 0.29) is 5.69 Å². The monoisotopic (exact) mass is 241 g/mol. The summed E-state index contributed by atoms with van der Waals surface area (Å²) >= 11 is 0. The summed E-state index contributed by atoms with van der Waals surface area (Å²) in [6.07, 6.45) is 1.50. The molecule has 0 unspecified atom stereocenters. The van der Waals surface area contributed by atoms with E-state index in [9.17, 15) is 4.79 Å². The third-order valence-corrected chi connectivity index (χ3v) is 2.90. The second kappa shape index (κ2) is 5.00. The number of carbonyl (C=O) groups is 1. The maximum Gasteiger partial charge on any atom is 0.355 e. The maximum absolute atomic E-state index is 11.1. The Kier molecular flexibility index (Phi) is 3.42.